The van der Waals surface area contributed by atoms with E-state index in [9.17, 15) is 4.79 Å². The highest BCUT2D eigenvalue weighted by Crippen LogP contribution is 2.38. The zero-order chi connectivity index (χ0) is 15.5. The van der Waals surface area contributed by atoms with Crippen molar-refractivity contribution in [3.63, 3.8) is 0 Å². The summed E-state index contributed by atoms with van der Waals surface area (Å²) in [6.07, 6.45) is 4.58. The lowest BCUT2D eigenvalue weighted by Crippen LogP contribution is -2.42. The summed E-state index contributed by atoms with van der Waals surface area (Å²) in [5.41, 5.74) is 4.40. The van der Waals surface area contributed by atoms with E-state index in [-0.39, 0.29) is 5.91 Å². The number of hydrogen-bond acceptors (Lipinski definition) is 4. The Bertz CT molecular complexity index is 501. The summed E-state index contributed by atoms with van der Waals surface area (Å²) in [4.78, 5) is 18.8. The van der Waals surface area contributed by atoms with Gasteiger partial charge in [0.05, 0.1) is 0 Å². The monoisotopic (exact) mass is 290 g/mol. The molecular weight excluding hydrogens is 264 g/mol. The molecule has 1 aromatic rings. The predicted octanol–water partition coefficient (Wildman–Crippen LogP) is 2.72. The molecule has 1 amide bonds. The van der Waals surface area contributed by atoms with Crippen molar-refractivity contribution in [2.75, 3.05) is 18.5 Å². The van der Waals surface area contributed by atoms with Crippen LogP contribution in [0.1, 0.15) is 55.6 Å². The number of amides is 1. The van der Waals surface area contributed by atoms with Gasteiger partial charge in [0.1, 0.15) is 5.82 Å². The Labute approximate surface area is 126 Å². The molecular formula is C16H26N4O. The molecule has 5 nitrogen and oxygen atoms in total. The lowest BCUT2D eigenvalue weighted by Gasteiger charge is -2.41. The number of piperidine rings is 1. The molecule has 1 aliphatic heterocycles. The fourth-order valence-corrected chi connectivity index (χ4v) is 3.19. The Hall–Kier alpha value is -1.62. The molecule has 2 heterocycles. The highest BCUT2D eigenvalue weighted by molar-refractivity contribution is 5.95. The van der Waals surface area contributed by atoms with E-state index < -0.39 is 0 Å². The molecule has 1 aliphatic rings. The zero-order valence-corrected chi connectivity index (χ0v) is 13.3. The summed E-state index contributed by atoms with van der Waals surface area (Å²) >= 11 is 0. The Kier molecular flexibility index (Phi) is 4.83. The molecule has 0 aliphatic carbocycles. The van der Waals surface area contributed by atoms with Crippen LogP contribution in [0.15, 0.2) is 12.1 Å². The molecule has 0 atom stereocenters. The van der Waals surface area contributed by atoms with Crippen LogP contribution in [0.5, 0.6) is 0 Å². The maximum absolute atomic E-state index is 12.6. The molecule has 0 bridgehead atoms. The van der Waals surface area contributed by atoms with Crippen LogP contribution in [0.3, 0.4) is 0 Å². The number of aromatic nitrogens is 1. The molecule has 116 valence electrons. The third-order valence-corrected chi connectivity index (χ3v) is 4.96. The minimum Gasteiger partial charge on any atom is -0.339 e. The highest BCUT2D eigenvalue weighted by Gasteiger charge is 2.33. The minimum absolute atomic E-state index is 0.0813. The minimum atomic E-state index is 0.0813. The topological polar surface area (TPSA) is 71.2 Å². The Morgan fingerprint density at radius 3 is 2.48 bits per heavy atom. The molecule has 1 saturated heterocycles. The molecule has 2 rings (SSSR count). The Morgan fingerprint density at radius 2 is 1.95 bits per heavy atom. The number of carbonyl (C=O) groups is 1. The van der Waals surface area contributed by atoms with Gasteiger partial charge in [0, 0.05) is 24.3 Å². The van der Waals surface area contributed by atoms with Gasteiger partial charge < -0.3 is 10.3 Å². The number of hydrazine groups is 1. The average molecular weight is 290 g/mol. The van der Waals surface area contributed by atoms with E-state index in [1.807, 2.05) is 17.9 Å². The number of nitrogens with two attached hydrogens (primary N) is 1. The molecule has 0 aromatic carbocycles. The van der Waals surface area contributed by atoms with Crippen LogP contribution < -0.4 is 11.3 Å². The van der Waals surface area contributed by atoms with Crippen molar-refractivity contribution in [1.82, 2.24) is 9.88 Å². The lowest BCUT2D eigenvalue weighted by molar-refractivity contribution is 0.0557. The van der Waals surface area contributed by atoms with Crippen molar-refractivity contribution < 1.29 is 4.79 Å². The number of nitrogen functional groups attached to an aromatic ring is 1. The van der Waals surface area contributed by atoms with Gasteiger partial charge in [-0.2, -0.15) is 0 Å². The van der Waals surface area contributed by atoms with Crippen LogP contribution in [0.4, 0.5) is 5.82 Å². The number of aryl methyl sites for hydroxylation is 1. The third kappa shape index (κ3) is 3.35. The van der Waals surface area contributed by atoms with Crippen molar-refractivity contribution >= 4 is 11.7 Å². The van der Waals surface area contributed by atoms with Crippen LogP contribution in [0.2, 0.25) is 0 Å². The van der Waals surface area contributed by atoms with Gasteiger partial charge in [0.15, 0.2) is 0 Å². The van der Waals surface area contributed by atoms with Crippen LogP contribution >= 0.6 is 0 Å². The number of nitrogens with zero attached hydrogens (tertiary/aromatic N) is 2. The van der Waals surface area contributed by atoms with Crippen molar-refractivity contribution in [3.8, 4) is 0 Å². The van der Waals surface area contributed by atoms with Crippen molar-refractivity contribution in [3.05, 3.63) is 23.4 Å². The smallest absolute Gasteiger partial charge is 0.254 e. The fourth-order valence-electron chi connectivity index (χ4n) is 3.19. The molecule has 0 saturated carbocycles. The van der Waals surface area contributed by atoms with Gasteiger partial charge in [-0.15, -0.1) is 0 Å². The molecule has 21 heavy (non-hydrogen) atoms. The largest absolute Gasteiger partial charge is 0.339 e. The van der Waals surface area contributed by atoms with Crippen LogP contribution in [0, 0.1) is 12.3 Å². The molecule has 0 radical (unpaired) electrons. The molecule has 0 spiro atoms. The van der Waals surface area contributed by atoms with E-state index in [0.29, 0.717) is 16.8 Å². The number of likely N-dealkylation sites (tertiary alicyclic amines) is 1. The summed E-state index contributed by atoms with van der Waals surface area (Å²) in [7, 11) is 0. The molecule has 3 N–H and O–H groups in total. The van der Waals surface area contributed by atoms with Crippen LogP contribution in [-0.4, -0.2) is 28.9 Å². The second-order valence-electron chi connectivity index (χ2n) is 6.03. The summed E-state index contributed by atoms with van der Waals surface area (Å²) in [5, 5.41) is 0. The summed E-state index contributed by atoms with van der Waals surface area (Å²) < 4.78 is 0. The van der Waals surface area contributed by atoms with E-state index >= 15 is 0 Å². The van der Waals surface area contributed by atoms with Gasteiger partial charge in [-0.25, -0.2) is 10.8 Å². The first kappa shape index (κ1) is 15.8. The highest BCUT2D eigenvalue weighted by atomic mass is 16.2. The number of pyridine rings is 1. The fraction of sp³-hybridized carbons (Fsp3) is 0.625. The van der Waals surface area contributed by atoms with Gasteiger partial charge in [0.25, 0.3) is 5.91 Å². The summed E-state index contributed by atoms with van der Waals surface area (Å²) in [6.45, 7) is 8.06. The van der Waals surface area contributed by atoms with E-state index in [1.165, 1.54) is 12.8 Å². The van der Waals surface area contributed by atoms with Gasteiger partial charge >= 0.3 is 0 Å². The molecule has 1 aromatic heterocycles. The van der Waals surface area contributed by atoms with Gasteiger partial charge in [-0.1, -0.05) is 26.7 Å². The Morgan fingerprint density at radius 1 is 1.33 bits per heavy atom. The van der Waals surface area contributed by atoms with Gasteiger partial charge in [-0.05, 0) is 37.3 Å². The maximum atomic E-state index is 12.6. The standard InChI is InChI=1S/C16H26N4O/c1-4-16(5-2)6-8-20(9-7-16)15(21)13-10-12(3)18-14(11-13)19-17/h10-11H,4-9,17H2,1-3H3,(H,18,19). The first-order chi connectivity index (χ1) is 10.0. The summed E-state index contributed by atoms with van der Waals surface area (Å²) in [5.74, 6) is 6.02. The van der Waals surface area contributed by atoms with Crippen molar-refractivity contribution in [1.29, 1.82) is 0 Å². The molecule has 5 heteroatoms. The normalized spacial score (nSPS) is 17.6. The van der Waals surface area contributed by atoms with Crippen LogP contribution in [-0.2, 0) is 0 Å². The average Bonchev–Trinajstić information content (AvgIpc) is 2.53. The third-order valence-electron chi connectivity index (χ3n) is 4.96. The first-order valence-electron chi connectivity index (χ1n) is 7.78. The zero-order valence-electron chi connectivity index (χ0n) is 13.3. The molecule has 0 unspecified atom stereocenters. The second kappa shape index (κ2) is 6.43. The van der Waals surface area contributed by atoms with Crippen molar-refractivity contribution in [2.45, 2.75) is 46.5 Å². The number of rotatable bonds is 4. The SMILES string of the molecule is CCC1(CC)CCN(C(=O)c2cc(C)nc(NN)c2)CC1. The number of anilines is 1. The maximum Gasteiger partial charge on any atom is 0.254 e. The number of carbonyl (C=O) groups excluding carboxylic acids is 1. The first-order valence-corrected chi connectivity index (χ1v) is 7.78. The number of hydrogen-bond donors (Lipinski definition) is 2. The van der Waals surface area contributed by atoms with Crippen molar-refractivity contribution in [2.24, 2.45) is 11.3 Å². The van der Waals surface area contributed by atoms with E-state index in [2.05, 4.69) is 24.3 Å². The van der Waals surface area contributed by atoms with E-state index in [1.54, 1.807) is 6.07 Å². The summed E-state index contributed by atoms with van der Waals surface area (Å²) in [6, 6.07) is 3.54. The van der Waals surface area contributed by atoms with Gasteiger partial charge in [-0.3, -0.25) is 4.79 Å². The van der Waals surface area contributed by atoms with E-state index in [0.717, 1.165) is 31.6 Å². The Balaban J connectivity index is 2.10. The molecule has 1 fully saturated rings. The van der Waals surface area contributed by atoms with E-state index in [4.69, 9.17) is 5.84 Å². The van der Waals surface area contributed by atoms with Gasteiger partial charge in [0.2, 0.25) is 0 Å². The lowest BCUT2D eigenvalue weighted by atomic mass is 9.74. The number of nitrogens with one attached hydrogen (secondary N) is 1. The second-order valence-corrected chi connectivity index (χ2v) is 6.03. The quantitative estimate of drug-likeness (QED) is 0.660. The van der Waals surface area contributed by atoms with Crippen LogP contribution in [0.25, 0.3) is 0 Å². The predicted molar refractivity (Wildman–Crippen MR) is 84.9 cm³/mol.